The molecule has 1 aliphatic rings. The van der Waals surface area contributed by atoms with Crippen LogP contribution in [0, 0.1) is 0 Å². The highest BCUT2D eigenvalue weighted by Crippen LogP contribution is 2.26. The molecule has 90 valence electrons. The van der Waals surface area contributed by atoms with Crippen LogP contribution in [0.25, 0.3) is 6.08 Å². The summed E-state index contributed by atoms with van der Waals surface area (Å²) in [5.41, 5.74) is 2.46. The molecule has 0 aliphatic carbocycles. The Kier molecular flexibility index (Phi) is 4.27. The first kappa shape index (κ1) is 12.3. The fraction of sp³-hybridized carbons (Fsp3) is 0.333. The molecule has 1 aromatic carbocycles. The lowest BCUT2D eigenvalue weighted by atomic mass is 10.1. The maximum atomic E-state index is 6.04. The summed E-state index contributed by atoms with van der Waals surface area (Å²) in [6, 6.07) is 8.41. The number of halogens is 1. The maximum absolute atomic E-state index is 6.04. The van der Waals surface area contributed by atoms with Gasteiger partial charge in [0, 0.05) is 23.8 Å². The van der Waals surface area contributed by atoms with E-state index in [-0.39, 0.29) is 0 Å². The number of piperidine rings is 1. The molecule has 1 nitrogen and oxygen atoms in total. The van der Waals surface area contributed by atoms with Gasteiger partial charge in [0.25, 0.3) is 0 Å². The maximum Gasteiger partial charge on any atom is 0.0440 e. The summed E-state index contributed by atoms with van der Waals surface area (Å²) in [7, 11) is 0. The topological polar surface area (TPSA) is 3.24 Å². The molecule has 0 spiro atoms. The first-order chi connectivity index (χ1) is 8.31. The van der Waals surface area contributed by atoms with Gasteiger partial charge in [0.2, 0.25) is 0 Å². The standard InChI is InChI=1S/C15H18ClN/c1-2-14(16)12-13-8-4-5-9-15(13)17-10-6-3-7-11-17/h2,4-5,8-9,12H,1,3,6-7,10-11H2. The molecule has 1 aromatic rings. The van der Waals surface area contributed by atoms with Crippen LogP contribution in [0.2, 0.25) is 0 Å². The van der Waals surface area contributed by atoms with Crippen molar-refractivity contribution in [3.05, 3.63) is 47.5 Å². The minimum atomic E-state index is 0.689. The number of benzene rings is 1. The highest BCUT2D eigenvalue weighted by Gasteiger charge is 2.12. The molecule has 0 unspecified atom stereocenters. The number of para-hydroxylation sites is 1. The number of anilines is 1. The SMILES string of the molecule is C=CC(Cl)=Cc1ccccc1N1CCCCC1. The van der Waals surface area contributed by atoms with E-state index >= 15 is 0 Å². The third kappa shape index (κ3) is 3.13. The zero-order chi connectivity index (χ0) is 12.1. The van der Waals surface area contributed by atoms with Gasteiger partial charge in [0.15, 0.2) is 0 Å². The molecule has 0 aromatic heterocycles. The van der Waals surface area contributed by atoms with Gasteiger partial charge in [0.1, 0.15) is 0 Å². The molecule has 1 fully saturated rings. The molecule has 2 heteroatoms. The third-order valence-electron chi connectivity index (χ3n) is 3.12. The normalized spacial score (nSPS) is 17.0. The first-order valence-corrected chi connectivity index (χ1v) is 6.52. The largest absolute Gasteiger partial charge is 0.371 e. The highest BCUT2D eigenvalue weighted by atomic mass is 35.5. The van der Waals surface area contributed by atoms with Crippen LogP contribution in [-0.2, 0) is 0 Å². The van der Waals surface area contributed by atoms with Crippen LogP contribution >= 0.6 is 11.6 Å². The van der Waals surface area contributed by atoms with E-state index in [9.17, 15) is 0 Å². The zero-order valence-electron chi connectivity index (χ0n) is 10.0. The molecular weight excluding hydrogens is 230 g/mol. The van der Waals surface area contributed by atoms with Crippen LogP contribution in [0.4, 0.5) is 5.69 Å². The summed E-state index contributed by atoms with van der Waals surface area (Å²) < 4.78 is 0. The molecule has 0 radical (unpaired) electrons. The second-order valence-corrected chi connectivity index (χ2v) is 4.78. The zero-order valence-corrected chi connectivity index (χ0v) is 10.8. The molecule has 17 heavy (non-hydrogen) atoms. The van der Waals surface area contributed by atoms with Crippen LogP contribution < -0.4 is 4.90 Å². The summed E-state index contributed by atoms with van der Waals surface area (Å²) in [4.78, 5) is 2.45. The lowest BCUT2D eigenvalue weighted by Crippen LogP contribution is -2.29. The van der Waals surface area contributed by atoms with E-state index in [1.807, 2.05) is 12.1 Å². The minimum Gasteiger partial charge on any atom is -0.371 e. The monoisotopic (exact) mass is 247 g/mol. The summed E-state index contributed by atoms with van der Waals surface area (Å²) >= 11 is 6.04. The van der Waals surface area contributed by atoms with Gasteiger partial charge < -0.3 is 4.90 Å². The average molecular weight is 248 g/mol. The minimum absolute atomic E-state index is 0.689. The number of rotatable bonds is 3. The van der Waals surface area contributed by atoms with Crippen molar-refractivity contribution in [2.45, 2.75) is 19.3 Å². The van der Waals surface area contributed by atoms with E-state index < -0.39 is 0 Å². The molecule has 2 rings (SSSR count). The molecular formula is C15H18ClN. The summed E-state index contributed by atoms with van der Waals surface area (Å²) in [6.07, 6.45) is 7.58. The van der Waals surface area contributed by atoms with E-state index in [2.05, 4.69) is 29.7 Å². The smallest absolute Gasteiger partial charge is 0.0440 e. The molecule has 0 atom stereocenters. The van der Waals surface area contributed by atoms with Gasteiger partial charge in [0.05, 0.1) is 0 Å². The summed E-state index contributed by atoms with van der Waals surface area (Å²) in [5.74, 6) is 0. The summed E-state index contributed by atoms with van der Waals surface area (Å²) in [5, 5.41) is 0.689. The van der Waals surface area contributed by atoms with Gasteiger partial charge >= 0.3 is 0 Å². The van der Waals surface area contributed by atoms with Crippen molar-refractivity contribution in [2.24, 2.45) is 0 Å². The average Bonchev–Trinajstić information content (AvgIpc) is 2.40. The van der Waals surface area contributed by atoms with E-state index in [0.717, 1.165) is 13.1 Å². The Morgan fingerprint density at radius 3 is 2.59 bits per heavy atom. The van der Waals surface area contributed by atoms with Crippen molar-refractivity contribution in [3.63, 3.8) is 0 Å². The van der Waals surface area contributed by atoms with E-state index in [0.29, 0.717) is 5.03 Å². The molecule has 1 heterocycles. The van der Waals surface area contributed by atoms with E-state index in [4.69, 9.17) is 11.6 Å². The molecule has 0 saturated carbocycles. The number of allylic oxidation sites excluding steroid dienone is 2. The van der Waals surface area contributed by atoms with Crippen molar-refractivity contribution in [1.29, 1.82) is 0 Å². The third-order valence-corrected chi connectivity index (χ3v) is 3.39. The van der Waals surface area contributed by atoms with Gasteiger partial charge in [-0.15, -0.1) is 0 Å². The van der Waals surface area contributed by atoms with Crippen LogP contribution in [-0.4, -0.2) is 13.1 Å². The fourth-order valence-corrected chi connectivity index (χ4v) is 2.36. The van der Waals surface area contributed by atoms with Gasteiger partial charge in [-0.2, -0.15) is 0 Å². The second kappa shape index (κ2) is 5.92. The molecule has 0 bridgehead atoms. The van der Waals surface area contributed by atoms with Crippen LogP contribution in [0.1, 0.15) is 24.8 Å². The van der Waals surface area contributed by atoms with Crippen LogP contribution in [0.5, 0.6) is 0 Å². The van der Waals surface area contributed by atoms with Crippen LogP contribution in [0.3, 0.4) is 0 Å². The van der Waals surface area contributed by atoms with Gasteiger partial charge in [-0.05, 0) is 37.0 Å². The van der Waals surface area contributed by atoms with Gasteiger partial charge in [-0.25, -0.2) is 0 Å². The molecule has 1 saturated heterocycles. The van der Waals surface area contributed by atoms with Gasteiger partial charge in [-0.3, -0.25) is 0 Å². The molecule has 0 amide bonds. The van der Waals surface area contributed by atoms with Crippen molar-refractivity contribution < 1.29 is 0 Å². The van der Waals surface area contributed by atoms with Crippen molar-refractivity contribution in [1.82, 2.24) is 0 Å². The highest BCUT2D eigenvalue weighted by molar-refractivity contribution is 6.33. The lowest BCUT2D eigenvalue weighted by molar-refractivity contribution is 0.577. The Balaban J connectivity index is 2.29. The predicted octanol–water partition coefficient (Wildman–Crippen LogP) is 4.44. The van der Waals surface area contributed by atoms with Gasteiger partial charge in [-0.1, -0.05) is 42.5 Å². The Morgan fingerprint density at radius 1 is 1.18 bits per heavy atom. The Morgan fingerprint density at radius 2 is 1.88 bits per heavy atom. The number of hydrogen-bond donors (Lipinski definition) is 0. The summed E-state index contributed by atoms with van der Waals surface area (Å²) in [6.45, 7) is 5.98. The predicted molar refractivity (Wildman–Crippen MR) is 76.5 cm³/mol. The fourth-order valence-electron chi connectivity index (χ4n) is 2.24. The quantitative estimate of drug-likeness (QED) is 0.714. The van der Waals surface area contributed by atoms with Crippen molar-refractivity contribution in [3.8, 4) is 0 Å². The molecule has 0 N–H and O–H groups in total. The van der Waals surface area contributed by atoms with E-state index in [1.54, 1.807) is 6.08 Å². The van der Waals surface area contributed by atoms with E-state index in [1.165, 1.54) is 30.5 Å². The number of nitrogens with zero attached hydrogens (tertiary/aromatic N) is 1. The lowest BCUT2D eigenvalue weighted by Gasteiger charge is -2.30. The first-order valence-electron chi connectivity index (χ1n) is 6.15. The Labute approximate surface area is 108 Å². The van der Waals surface area contributed by atoms with Crippen molar-refractivity contribution in [2.75, 3.05) is 18.0 Å². The van der Waals surface area contributed by atoms with Crippen molar-refractivity contribution >= 4 is 23.4 Å². The molecule has 1 aliphatic heterocycles. The van der Waals surface area contributed by atoms with Crippen LogP contribution in [0.15, 0.2) is 42.0 Å². The second-order valence-electron chi connectivity index (χ2n) is 4.34. The Bertz CT molecular complexity index is 417. The number of hydrogen-bond acceptors (Lipinski definition) is 1. The Hall–Kier alpha value is -1.21.